The zero-order chi connectivity index (χ0) is 22.4. The third-order valence-electron chi connectivity index (χ3n) is 4.27. The topological polar surface area (TPSA) is 116 Å². The average Bonchev–Trinajstić information content (AvgIpc) is 2.79. The van der Waals surface area contributed by atoms with Gasteiger partial charge in [0.2, 0.25) is 5.75 Å². The Morgan fingerprint density at radius 1 is 0.903 bits per heavy atom. The van der Waals surface area contributed by atoms with E-state index in [-0.39, 0.29) is 4.90 Å². The predicted octanol–water partition coefficient (Wildman–Crippen LogP) is 3.16. The number of carbonyl (C=O) groups is 1. The molecule has 0 fully saturated rings. The number of hydrogen-bond acceptors (Lipinski definition) is 7. The fraction of sp³-hybridized carbons (Fsp3) is 0.143. The first-order valence-corrected chi connectivity index (χ1v) is 10.5. The third kappa shape index (κ3) is 5.04. The molecule has 31 heavy (non-hydrogen) atoms. The molecule has 0 radical (unpaired) electrons. The molecule has 0 bridgehead atoms. The molecule has 0 saturated heterocycles. The van der Waals surface area contributed by atoms with Crippen LogP contribution in [-0.4, -0.2) is 40.6 Å². The first-order valence-electron chi connectivity index (χ1n) is 9.02. The molecule has 0 aliphatic rings. The zero-order valence-corrected chi connectivity index (χ0v) is 17.9. The number of pyridine rings is 1. The Kier molecular flexibility index (Phi) is 6.61. The van der Waals surface area contributed by atoms with Crippen molar-refractivity contribution in [1.29, 1.82) is 0 Å². The Labute approximate surface area is 180 Å². The van der Waals surface area contributed by atoms with Crippen LogP contribution in [-0.2, 0) is 10.0 Å². The van der Waals surface area contributed by atoms with Gasteiger partial charge in [0.15, 0.2) is 11.5 Å². The van der Waals surface area contributed by atoms with Crippen molar-refractivity contribution in [3.63, 3.8) is 0 Å². The summed E-state index contributed by atoms with van der Waals surface area (Å²) in [4.78, 5) is 16.5. The monoisotopic (exact) mass is 443 g/mol. The Hall–Kier alpha value is -3.79. The molecular formula is C21H21N3O6S. The van der Waals surface area contributed by atoms with E-state index in [0.29, 0.717) is 34.2 Å². The molecule has 9 nitrogen and oxygen atoms in total. The van der Waals surface area contributed by atoms with Crippen molar-refractivity contribution in [2.75, 3.05) is 31.4 Å². The van der Waals surface area contributed by atoms with Gasteiger partial charge in [-0.15, -0.1) is 0 Å². The van der Waals surface area contributed by atoms with Crippen LogP contribution in [0.1, 0.15) is 10.4 Å². The molecule has 0 spiro atoms. The number of benzene rings is 2. The summed E-state index contributed by atoms with van der Waals surface area (Å²) in [5.74, 6) is 0.689. The van der Waals surface area contributed by atoms with Gasteiger partial charge in [-0.05, 0) is 48.5 Å². The Morgan fingerprint density at radius 3 is 2.03 bits per heavy atom. The van der Waals surface area contributed by atoms with Gasteiger partial charge >= 0.3 is 0 Å². The van der Waals surface area contributed by atoms with E-state index in [9.17, 15) is 13.2 Å². The van der Waals surface area contributed by atoms with Gasteiger partial charge in [-0.2, -0.15) is 0 Å². The van der Waals surface area contributed by atoms with Crippen LogP contribution in [0.25, 0.3) is 0 Å². The van der Waals surface area contributed by atoms with Crippen molar-refractivity contribution < 1.29 is 27.4 Å². The summed E-state index contributed by atoms with van der Waals surface area (Å²) in [6.45, 7) is 0. The fourth-order valence-electron chi connectivity index (χ4n) is 2.76. The van der Waals surface area contributed by atoms with Crippen LogP contribution in [0.15, 0.2) is 65.8 Å². The van der Waals surface area contributed by atoms with E-state index in [1.807, 2.05) is 0 Å². The van der Waals surface area contributed by atoms with Gasteiger partial charge in [0.1, 0.15) is 4.90 Å². The summed E-state index contributed by atoms with van der Waals surface area (Å²) in [6.07, 6.45) is 2.75. The number of methoxy groups -OCH3 is 3. The number of hydrogen-bond donors (Lipinski definition) is 2. The lowest BCUT2D eigenvalue weighted by atomic mass is 10.1. The maximum atomic E-state index is 12.7. The second-order valence-corrected chi connectivity index (χ2v) is 7.92. The lowest BCUT2D eigenvalue weighted by Crippen LogP contribution is -2.14. The molecular weight excluding hydrogens is 422 g/mol. The van der Waals surface area contributed by atoms with Crippen molar-refractivity contribution in [3.05, 3.63) is 66.5 Å². The van der Waals surface area contributed by atoms with E-state index >= 15 is 0 Å². The Balaban J connectivity index is 1.75. The molecule has 1 amide bonds. The van der Waals surface area contributed by atoms with E-state index in [1.54, 1.807) is 24.3 Å². The first kappa shape index (κ1) is 21.9. The number of nitrogens with one attached hydrogen (secondary N) is 2. The van der Waals surface area contributed by atoms with Gasteiger partial charge < -0.3 is 19.5 Å². The van der Waals surface area contributed by atoms with Crippen molar-refractivity contribution in [2.45, 2.75) is 4.90 Å². The SMILES string of the molecule is COc1cc(C(=O)Nc2ccc(NS(=O)(=O)c3cccnc3)cc2)cc(OC)c1OC. The van der Waals surface area contributed by atoms with Crippen LogP contribution < -0.4 is 24.2 Å². The molecule has 0 aliphatic carbocycles. The first-order chi connectivity index (χ1) is 14.9. The zero-order valence-electron chi connectivity index (χ0n) is 17.1. The predicted molar refractivity (Wildman–Crippen MR) is 116 cm³/mol. The molecule has 0 atom stereocenters. The molecule has 0 saturated carbocycles. The molecule has 1 heterocycles. The number of amides is 1. The highest BCUT2D eigenvalue weighted by molar-refractivity contribution is 7.92. The number of carbonyl (C=O) groups excluding carboxylic acids is 1. The van der Waals surface area contributed by atoms with Crippen LogP contribution in [0.5, 0.6) is 17.2 Å². The molecule has 0 unspecified atom stereocenters. The minimum Gasteiger partial charge on any atom is -0.493 e. The normalized spacial score (nSPS) is 10.8. The minimum atomic E-state index is -3.75. The summed E-state index contributed by atoms with van der Waals surface area (Å²) < 4.78 is 43.0. The van der Waals surface area contributed by atoms with Crippen LogP contribution in [0, 0.1) is 0 Å². The molecule has 1 aromatic heterocycles. The van der Waals surface area contributed by atoms with E-state index in [4.69, 9.17) is 14.2 Å². The molecule has 0 aliphatic heterocycles. The largest absolute Gasteiger partial charge is 0.493 e. The lowest BCUT2D eigenvalue weighted by Gasteiger charge is -2.14. The standard InChI is InChI=1S/C21H21N3O6S/c1-28-18-11-14(12-19(29-2)20(18)30-3)21(25)23-15-6-8-16(9-7-15)24-31(26,27)17-5-4-10-22-13-17/h4-13,24H,1-3H3,(H,23,25). The van der Waals surface area contributed by atoms with Gasteiger partial charge in [-0.3, -0.25) is 14.5 Å². The summed E-state index contributed by atoms with van der Waals surface area (Å²) in [5, 5.41) is 2.74. The molecule has 2 aromatic carbocycles. The van der Waals surface area contributed by atoms with Crippen LogP contribution in [0.3, 0.4) is 0 Å². The molecule has 10 heteroatoms. The third-order valence-corrected chi connectivity index (χ3v) is 5.63. The van der Waals surface area contributed by atoms with Crippen LogP contribution >= 0.6 is 0 Å². The van der Waals surface area contributed by atoms with Gasteiger partial charge in [0, 0.05) is 29.3 Å². The van der Waals surface area contributed by atoms with Crippen molar-refractivity contribution in [3.8, 4) is 17.2 Å². The number of rotatable bonds is 8. The van der Waals surface area contributed by atoms with Gasteiger partial charge in [-0.1, -0.05) is 0 Å². The van der Waals surface area contributed by atoms with Gasteiger partial charge in [0.25, 0.3) is 15.9 Å². The second-order valence-electron chi connectivity index (χ2n) is 6.24. The summed E-state index contributed by atoms with van der Waals surface area (Å²) in [6, 6.07) is 12.3. The summed E-state index contributed by atoms with van der Waals surface area (Å²) >= 11 is 0. The molecule has 3 aromatic rings. The second kappa shape index (κ2) is 9.35. The molecule has 2 N–H and O–H groups in total. The summed E-state index contributed by atoms with van der Waals surface area (Å²) in [7, 11) is 0.648. The Morgan fingerprint density at radius 2 is 1.52 bits per heavy atom. The van der Waals surface area contributed by atoms with Crippen LogP contribution in [0.4, 0.5) is 11.4 Å². The average molecular weight is 443 g/mol. The van der Waals surface area contributed by atoms with E-state index in [1.165, 1.54) is 58.0 Å². The van der Waals surface area contributed by atoms with Gasteiger partial charge in [0.05, 0.1) is 21.3 Å². The number of aromatic nitrogens is 1. The van der Waals surface area contributed by atoms with Crippen molar-refractivity contribution in [1.82, 2.24) is 4.98 Å². The number of anilines is 2. The number of sulfonamides is 1. The smallest absolute Gasteiger partial charge is 0.263 e. The van der Waals surface area contributed by atoms with E-state index < -0.39 is 15.9 Å². The van der Waals surface area contributed by atoms with E-state index in [0.717, 1.165) is 0 Å². The maximum Gasteiger partial charge on any atom is 0.263 e. The Bertz CT molecular complexity index is 1140. The van der Waals surface area contributed by atoms with Crippen LogP contribution in [0.2, 0.25) is 0 Å². The van der Waals surface area contributed by atoms with Crippen molar-refractivity contribution >= 4 is 27.3 Å². The molecule has 3 rings (SSSR count). The highest BCUT2D eigenvalue weighted by Gasteiger charge is 2.18. The highest BCUT2D eigenvalue weighted by atomic mass is 32.2. The number of ether oxygens (including phenoxy) is 3. The maximum absolute atomic E-state index is 12.7. The van der Waals surface area contributed by atoms with Gasteiger partial charge in [-0.25, -0.2) is 8.42 Å². The number of nitrogens with zero attached hydrogens (tertiary/aromatic N) is 1. The van der Waals surface area contributed by atoms with Crippen molar-refractivity contribution in [2.24, 2.45) is 0 Å². The molecule has 162 valence electrons. The van der Waals surface area contributed by atoms with E-state index in [2.05, 4.69) is 15.0 Å². The highest BCUT2D eigenvalue weighted by Crippen LogP contribution is 2.38. The quantitative estimate of drug-likeness (QED) is 0.549. The lowest BCUT2D eigenvalue weighted by molar-refractivity contribution is 0.102. The fourth-order valence-corrected chi connectivity index (χ4v) is 3.78. The minimum absolute atomic E-state index is 0.0507. The summed E-state index contributed by atoms with van der Waals surface area (Å²) in [5.41, 5.74) is 1.12.